The quantitative estimate of drug-likeness (QED) is 0.557. The zero-order valence-corrected chi connectivity index (χ0v) is 17.5. The third-order valence-electron chi connectivity index (χ3n) is 5.81. The molecule has 1 aliphatic heterocycles. The summed E-state index contributed by atoms with van der Waals surface area (Å²) >= 11 is 0. The van der Waals surface area contributed by atoms with Crippen molar-refractivity contribution in [3.8, 4) is 23.0 Å². The van der Waals surface area contributed by atoms with E-state index in [0.717, 1.165) is 41.1 Å². The van der Waals surface area contributed by atoms with Gasteiger partial charge in [-0.05, 0) is 31.5 Å². The number of benzene rings is 1. The number of aromatic nitrogens is 4. The van der Waals surface area contributed by atoms with Gasteiger partial charge in [-0.15, -0.1) is 0 Å². The third-order valence-corrected chi connectivity index (χ3v) is 5.81. The first-order valence-corrected chi connectivity index (χ1v) is 10.4. The van der Waals surface area contributed by atoms with Gasteiger partial charge in [0.25, 0.3) is 0 Å². The molecule has 5 rings (SSSR count). The number of piperazine rings is 1. The molecule has 1 N–H and O–H groups in total. The smallest absolute Gasteiger partial charge is 0.151 e. The van der Waals surface area contributed by atoms with E-state index in [1.54, 1.807) is 24.7 Å². The Labute approximate surface area is 181 Å². The number of anilines is 1. The van der Waals surface area contributed by atoms with Gasteiger partial charge in [-0.25, -0.2) is 15.0 Å². The van der Waals surface area contributed by atoms with Crippen molar-refractivity contribution >= 4 is 16.9 Å². The van der Waals surface area contributed by atoms with Crippen LogP contribution in [-0.2, 0) is 0 Å². The van der Waals surface area contributed by atoms with E-state index in [4.69, 9.17) is 4.98 Å². The molecule has 2 atom stereocenters. The van der Waals surface area contributed by atoms with E-state index in [2.05, 4.69) is 58.4 Å². The fourth-order valence-electron chi connectivity index (χ4n) is 4.21. The van der Waals surface area contributed by atoms with Gasteiger partial charge in [-0.2, -0.15) is 5.26 Å². The zero-order chi connectivity index (χ0) is 21.4. The van der Waals surface area contributed by atoms with Crippen LogP contribution in [0.25, 0.3) is 28.0 Å². The van der Waals surface area contributed by atoms with Crippen molar-refractivity contribution in [3.05, 3.63) is 66.7 Å². The maximum atomic E-state index is 9.35. The van der Waals surface area contributed by atoms with E-state index in [1.807, 2.05) is 22.8 Å². The van der Waals surface area contributed by atoms with Gasteiger partial charge in [0.1, 0.15) is 18.0 Å². The summed E-state index contributed by atoms with van der Waals surface area (Å²) in [6.45, 7) is 6.18. The number of nitrogens with zero attached hydrogens (tertiary/aromatic N) is 6. The van der Waals surface area contributed by atoms with E-state index >= 15 is 0 Å². The average molecular weight is 409 g/mol. The predicted molar refractivity (Wildman–Crippen MR) is 121 cm³/mol. The zero-order valence-electron chi connectivity index (χ0n) is 17.5. The Kier molecular flexibility index (Phi) is 4.85. The molecule has 31 heavy (non-hydrogen) atoms. The maximum absolute atomic E-state index is 9.35. The minimum atomic E-state index is 0.307. The minimum Gasteiger partial charge on any atom is -0.350 e. The van der Waals surface area contributed by atoms with Crippen LogP contribution in [0.1, 0.15) is 19.4 Å². The standard InChI is InChI=1S/C24H23N7/c1-16-13-30(17(2)12-27-16)23-22-20(19-6-4-3-5-7-19)14-31(24(22)29-15-28-23)21-10-18(11-25)8-9-26-21/h3-10,14-17,27H,12-13H2,1-2H3/t16-,17+/m1/s1. The molecule has 1 aliphatic rings. The normalized spacial score (nSPS) is 18.8. The molecule has 154 valence electrons. The first kappa shape index (κ1) is 19.2. The minimum absolute atomic E-state index is 0.307. The number of hydrogen-bond acceptors (Lipinski definition) is 6. The number of rotatable bonds is 3. The van der Waals surface area contributed by atoms with Gasteiger partial charge in [0, 0.05) is 43.1 Å². The molecule has 4 aromatic rings. The highest BCUT2D eigenvalue weighted by Crippen LogP contribution is 2.37. The molecule has 0 unspecified atom stereocenters. The SMILES string of the molecule is C[C@@H]1CN(c2ncnc3c2c(-c2ccccc2)cn3-c2cc(C#N)ccn2)[C@@H](C)CN1. The van der Waals surface area contributed by atoms with E-state index in [-0.39, 0.29) is 0 Å². The van der Waals surface area contributed by atoms with Crippen LogP contribution >= 0.6 is 0 Å². The van der Waals surface area contributed by atoms with Crippen LogP contribution in [0.4, 0.5) is 5.82 Å². The summed E-state index contributed by atoms with van der Waals surface area (Å²) in [6.07, 6.45) is 5.33. The van der Waals surface area contributed by atoms with Gasteiger partial charge in [-0.1, -0.05) is 30.3 Å². The molecule has 0 radical (unpaired) electrons. The molecule has 3 aromatic heterocycles. The second-order valence-corrected chi connectivity index (χ2v) is 8.00. The fourth-order valence-corrected chi connectivity index (χ4v) is 4.21. The summed E-state index contributed by atoms with van der Waals surface area (Å²) in [6, 6.07) is 16.6. The molecule has 0 amide bonds. The number of nitriles is 1. The van der Waals surface area contributed by atoms with Crippen LogP contribution in [0.15, 0.2) is 61.2 Å². The van der Waals surface area contributed by atoms with Gasteiger partial charge in [0.05, 0.1) is 17.0 Å². The van der Waals surface area contributed by atoms with Crippen molar-refractivity contribution in [3.63, 3.8) is 0 Å². The lowest BCUT2D eigenvalue weighted by Gasteiger charge is -2.38. The van der Waals surface area contributed by atoms with Gasteiger partial charge >= 0.3 is 0 Å². The van der Waals surface area contributed by atoms with Crippen LogP contribution in [0, 0.1) is 11.3 Å². The van der Waals surface area contributed by atoms with Crippen LogP contribution in [0.3, 0.4) is 0 Å². The molecule has 0 aliphatic carbocycles. The number of pyridine rings is 1. The summed E-state index contributed by atoms with van der Waals surface area (Å²) in [5.41, 5.74) is 3.49. The van der Waals surface area contributed by atoms with E-state index in [1.165, 1.54) is 0 Å². The van der Waals surface area contributed by atoms with Crippen molar-refractivity contribution in [1.82, 2.24) is 24.8 Å². The Bertz CT molecular complexity index is 1270. The average Bonchev–Trinajstić information content (AvgIpc) is 3.21. The number of nitrogens with one attached hydrogen (secondary N) is 1. The molecule has 0 bridgehead atoms. The van der Waals surface area contributed by atoms with E-state index in [0.29, 0.717) is 23.5 Å². The topological polar surface area (TPSA) is 82.7 Å². The molecular formula is C24H23N7. The predicted octanol–water partition coefficient (Wildman–Crippen LogP) is 3.54. The highest BCUT2D eigenvalue weighted by molar-refractivity contribution is 6.02. The second-order valence-electron chi connectivity index (χ2n) is 8.00. The summed E-state index contributed by atoms with van der Waals surface area (Å²) in [4.78, 5) is 16.3. The largest absolute Gasteiger partial charge is 0.350 e. The summed E-state index contributed by atoms with van der Waals surface area (Å²) in [5, 5.41) is 13.9. The lowest BCUT2D eigenvalue weighted by atomic mass is 10.0. The number of fused-ring (bicyclic) bond motifs is 1. The lowest BCUT2D eigenvalue weighted by molar-refractivity contribution is 0.423. The van der Waals surface area contributed by atoms with Gasteiger partial charge in [-0.3, -0.25) is 4.57 Å². The Morgan fingerprint density at radius 2 is 1.94 bits per heavy atom. The molecule has 0 saturated carbocycles. The van der Waals surface area contributed by atoms with Crippen molar-refractivity contribution in [2.45, 2.75) is 25.9 Å². The van der Waals surface area contributed by atoms with Crippen LogP contribution in [-0.4, -0.2) is 44.7 Å². The van der Waals surface area contributed by atoms with Gasteiger partial charge < -0.3 is 10.2 Å². The Morgan fingerprint density at radius 3 is 2.74 bits per heavy atom. The molecule has 0 spiro atoms. The van der Waals surface area contributed by atoms with Crippen LogP contribution in [0.2, 0.25) is 0 Å². The molecular weight excluding hydrogens is 386 g/mol. The fraction of sp³-hybridized carbons (Fsp3) is 0.250. The molecule has 1 aromatic carbocycles. The summed E-state index contributed by atoms with van der Waals surface area (Å²) in [7, 11) is 0. The van der Waals surface area contributed by atoms with Gasteiger partial charge in [0.15, 0.2) is 5.65 Å². The van der Waals surface area contributed by atoms with Crippen molar-refractivity contribution in [2.24, 2.45) is 0 Å². The molecule has 1 fully saturated rings. The highest BCUT2D eigenvalue weighted by atomic mass is 15.3. The van der Waals surface area contributed by atoms with Crippen molar-refractivity contribution in [2.75, 3.05) is 18.0 Å². The Morgan fingerprint density at radius 1 is 1.10 bits per heavy atom. The van der Waals surface area contributed by atoms with Crippen LogP contribution in [0.5, 0.6) is 0 Å². The Balaban J connectivity index is 1.78. The molecule has 4 heterocycles. The summed E-state index contributed by atoms with van der Waals surface area (Å²) < 4.78 is 1.96. The van der Waals surface area contributed by atoms with Crippen LogP contribution < -0.4 is 10.2 Å². The molecule has 1 saturated heterocycles. The Hall–Kier alpha value is -3.76. The third kappa shape index (κ3) is 3.41. The van der Waals surface area contributed by atoms with Gasteiger partial charge in [0.2, 0.25) is 0 Å². The summed E-state index contributed by atoms with van der Waals surface area (Å²) in [5.74, 6) is 1.59. The molecule has 7 nitrogen and oxygen atoms in total. The maximum Gasteiger partial charge on any atom is 0.151 e. The monoisotopic (exact) mass is 409 g/mol. The van der Waals surface area contributed by atoms with E-state index < -0.39 is 0 Å². The first-order chi connectivity index (χ1) is 15.2. The molecule has 7 heteroatoms. The van der Waals surface area contributed by atoms with Crippen molar-refractivity contribution in [1.29, 1.82) is 5.26 Å². The lowest BCUT2D eigenvalue weighted by Crippen LogP contribution is -2.54. The first-order valence-electron chi connectivity index (χ1n) is 10.4. The number of hydrogen-bond donors (Lipinski definition) is 1. The second kappa shape index (κ2) is 7.82. The van der Waals surface area contributed by atoms with E-state index in [9.17, 15) is 5.26 Å². The van der Waals surface area contributed by atoms with Crippen molar-refractivity contribution < 1.29 is 0 Å². The highest BCUT2D eigenvalue weighted by Gasteiger charge is 2.28.